The van der Waals surface area contributed by atoms with E-state index in [0.717, 1.165) is 92.1 Å². The molecule has 174 valence electrons. The quantitative estimate of drug-likeness (QED) is 0.566. The van der Waals surface area contributed by atoms with Crippen LogP contribution in [0.3, 0.4) is 0 Å². The fraction of sp³-hybridized carbons (Fsp3) is 0.462. The summed E-state index contributed by atoms with van der Waals surface area (Å²) in [6.45, 7) is 5.03. The summed E-state index contributed by atoms with van der Waals surface area (Å²) in [5, 5.41) is 4.57. The van der Waals surface area contributed by atoms with Gasteiger partial charge in [0.25, 0.3) is 0 Å². The highest BCUT2D eigenvalue weighted by Crippen LogP contribution is 2.35. The number of carbonyl (C=O) groups excluding carboxylic acids is 1. The number of aryl methyl sites for hydroxylation is 1. The summed E-state index contributed by atoms with van der Waals surface area (Å²) < 4.78 is 18.9. The van der Waals surface area contributed by atoms with E-state index in [1.807, 2.05) is 35.1 Å². The van der Waals surface area contributed by atoms with Gasteiger partial charge in [0.05, 0.1) is 43.8 Å². The molecule has 33 heavy (non-hydrogen) atoms. The maximum Gasteiger partial charge on any atom is 0.166 e. The number of ether oxygens (including phenoxy) is 3. The third kappa shape index (κ3) is 4.75. The largest absolute Gasteiger partial charge is 0.496 e. The Balaban J connectivity index is 1.38. The van der Waals surface area contributed by atoms with Crippen molar-refractivity contribution in [3.05, 3.63) is 47.8 Å². The van der Waals surface area contributed by atoms with Crippen molar-refractivity contribution in [2.45, 2.75) is 32.1 Å². The van der Waals surface area contributed by atoms with Crippen LogP contribution in [0.2, 0.25) is 0 Å². The van der Waals surface area contributed by atoms with Crippen molar-refractivity contribution in [2.24, 2.45) is 0 Å². The minimum absolute atomic E-state index is 0.187. The highest BCUT2D eigenvalue weighted by molar-refractivity contribution is 6.01. The smallest absolute Gasteiger partial charge is 0.166 e. The average Bonchev–Trinajstić information content (AvgIpc) is 3.26. The Hall–Kier alpha value is -2.90. The molecule has 3 heterocycles. The number of pyridine rings is 1. The van der Waals surface area contributed by atoms with Gasteiger partial charge in [-0.2, -0.15) is 5.10 Å². The zero-order valence-corrected chi connectivity index (χ0v) is 19.2. The zero-order valence-electron chi connectivity index (χ0n) is 19.2. The van der Waals surface area contributed by atoms with Crippen LogP contribution in [0.1, 0.15) is 41.6 Å². The molecule has 1 aliphatic heterocycles. The summed E-state index contributed by atoms with van der Waals surface area (Å²) >= 11 is 0. The van der Waals surface area contributed by atoms with Crippen LogP contribution in [0.4, 0.5) is 0 Å². The molecule has 0 atom stereocenters. The van der Waals surface area contributed by atoms with Gasteiger partial charge in [-0.3, -0.25) is 9.69 Å². The van der Waals surface area contributed by atoms with Crippen molar-refractivity contribution >= 4 is 11.3 Å². The lowest BCUT2D eigenvalue weighted by Crippen LogP contribution is -2.38. The van der Waals surface area contributed by atoms with Crippen LogP contribution in [-0.4, -0.2) is 66.9 Å². The third-order valence-corrected chi connectivity index (χ3v) is 6.61. The van der Waals surface area contributed by atoms with Gasteiger partial charge in [-0.05, 0) is 48.6 Å². The minimum Gasteiger partial charge on any atom is -0.496 e. The van der Waals surface area contributed by atoms with Gasteiger partial charge < -0.3 is 14.2 Å². The molecule has 0 spiro atoms. The molecule has 7 nitrogen and oxygen atoms in total. The molecule has 2 aliphatic rings. The monoisotopic (exact) mass is 449 g/mol. The van der Waals surface area contributed by atoms with Crippen LogP contribution < -0.4 is 9.47 Å². The Labute approximate surface area is 194 Å². The number of rotatable bonds is 6. The van der Waals surface area contributed by atoms with Gasteiger partial charge in [-0.1, -0.05) is 12.5 Å². The van der Waals surface area contributed by atoms with Crippen molar-refractivity contribution in [3.63, 3.8) is 0 Å². The molecule has 0 radical (unpaired) electrons. The van der Waals surface area contributed by atoms with Crippen molar-refractivity contribution < 1.29 is 19.0 Å². The first-order chi connectivity index (χ1) is 16.2. The molecule has 0 unspecified atom stereocenters. The van der Waals surface area contributed by atoms with Crippen LogP contribution in [0.5, 0.6) is 11.5 Å². The summed E-state index contributed by atoms with van der Waals surface area (Å²) in [5.74, 6) is 1.65. The number of hydrogen-bond acceptors (Lipinski definition) is 6. The average molecular weight is 450 g/mol. The molecule has 0 bridgehead atoms. The second kappa shape index (κ2) is 9.93. The van der Waals surface area contributed by atoms with E-state index in [1.54, 1.807) is 7.11 Å². The molecule has 2 aromatic heterocycles. The number of Topliss-reactive ketones (excluding diaryl/α,β-unsaturated/α-hetero) is 1. The maximum atomic E-state index is 12.8. The summed E-state index contributed by atoms with van der Waals surface area (Å²) in [5.41, 5.74) is 4.87. The van der Waals surface area contributed by atoms with E-state index in [1.165, 1.54) is 0 Å². The van der Waals surface area contributed by atoms with Gasteiger partial charge in [0.1, 0.15) is 18.1 Å². The molecule has 7 heteroatoms. The van der Waals surface area contributed by atoms with Crippen LogP contribution in [0, 0.1) is 0 Å². The predicted octanol–water partition coefficient (Wildman–Crippen LogP) is 4.02. The van der Waals surface area contributed by atoms with Crippen molar-refractivity contribution in [1.82, 2.24) is 14.5 Å². The molecular formula is C26H31N3O4. The molecule has 1 fully saturated rings. The second-order valence-corrected chi connectivity index (χ2v) is 8.75. The lowest BCUT2D eigenvalue weighted by molar-refractivity contribution is 0.0322. The lowest BCUT2D eigenvalue weighted by atomic mass is 9.89. The van der Waals surface area contributed by atoms with Gasteiger partial charge in [0.2, 0.25) is 0 Å². The maximum absolute atomic E-state index is 12.8. The second-order valence-electron chi connectivity index (χ2n) is 8.75. The number of fused-ring (bicyclic) bond motifs is 2. The number of aromatic nitrogens is 2. The van der Waals surface area contributed by atoms with Crippen molar-refractivity contribution in [1.29, 1.82) is 0 Å². The fourth-order valence-corrected chi connectivity index (χ4v) is 4.80. The molecule has 5 rings (SSSR count). The van der Waals surface area contributed by atoms with E-state index in [4.69, 9.17) is 14.2 Å². The number of methoxy groups -OCH3 is 1. The van der Waals surface area contributed by atoms with E-state index in [2.05, 4.69) is 16.1 Å². The van der Waals surface area contributed by atoms with Crippen LogP contribution >= 0.6 is 0 Å². The molecule has 1 aromatic carbocycles. The minimum atomic E-state index is 0.187. The highest BCUT2D eigenvalue weighted by atomic mass is 16.5. The van der Waals surface area contributed by atoms with Crippen molar-refractivity contribution in [3.8, 4) is 22.6 Å². The Morgan fingerprint density at radius 3 is 2.79 bits per heavy atom. The number of ketones is 1. The molecule has 0 N–H and O–H groups in total. The number of hydrogen-bond donors (Lipinski definition) is 0. The lowest BCUT2D eigenvalue weighted by Gasteiger charge is -2.26. The molecule has 3 aromatic rings. The molecule has 0 amide bonds. The van der Waals surface area contributed by atoms with E-state index in [-0.39, 0.29) is 5.78 Å². The summed E-state index contributed by atoms with van der Waals surface area (Å²) in [6, 6.07) is 8.15. The summed E-state index contributed by atoms with van der Waals surface area (Å²) in [4.78, 5) is 15.1. The first-order valence-corrected chi connectivity index (χ1v) is 11.9. The fourth-order valence-electron chi connectivity index (χ4n) is 4.80. The van der Waals surface area contributed by atoms with Gasteiger partial charge in [0.15, 0.2) is 5.78 Å². The predicted molar refractivity (Wildman–Crippen MR) is 126 cm³/mol. The first-order valence-electron chi connectivity index (χ1n) is 11.9. The van der Waals surface area contributed by atoms with Crippen molar-refractivity contribution in [2.75, 3.05) is 46.6 Å². The van der Waals surface area contributed by atoms with E-state index >= 15 is 0 Å². The van der Waals surface area contributed by atoms with Gasteiger partial charge in [-0.15, -0.1) is 0 Å². The Morgan fingerprint density at radius 1 is 1.09 bits per heavy atom. The topological polar surface area (TPSA) is 65.3 Å². The van der Waals surface area contributed by atoms with Gasteiger partial charge in [-0.25, -0.2) is 4.52 Å². The molecule has 0 saturated carbocycles. The molecule has 1 saturated heterocycles. The molecular weight excluding hydrogens is 418 g/mol. The van der Waals surface area contributed by atoms with E-state index in [0.29, 0.717) is 18.8 Å². The number of carbonyl (C=O) groups is 1. The van der Waals surface area contributed by atoms with E-state index < -0.39 is 0 Å². The normalized spacial score (nSPS) is 17.4. The zero-order chi connectivity index (χ0) is 22.6. The number of morpholine rings is 1. The summed E-state index contributed by atoms with van der Waals surface area (Å²) in [6.07, 6.45) is 8.41. The SMILES string of the molecule is COc1cc(-c2cnn3cc(OCCN4CCOCC4)ccc23)cc2c1C(=O)CCCCC2. The highest BCUT2D eigenvalue weighted by Gasteiger charge is 2.21. The van der Waals surface area contributed by atoms with Crippen LogP contribution in [-0.2, 0) is 11.2 Å². The third-order valence-electron chi connectivity index (χ3n) is 6.61. The number of benzene rings is 1. The van der Waals surface area contributed by atoms with E-state index in [9.17, 15) is 4.79 Å². The number of nitrogens with zero attached hydrogens (tertiary/aromatic N) is 3. The van der Waals surface area contributed by atoms with Crippen LogP contribution in [0.25, 0.3) is 16.6 Å². The van der Waals surface area contributed by atoms with Crippen LogP contribution in [0.15, 0.2) is 36.7 Å². The van der Waals surface area contributed by atoms with Gasteiger partial charge >= 0.3 is 0 Å². The summed E-state index contributed by atoms with van der Waals surface area (Å²) in [7, 11) is 1.64. The van der Waals surface area contributed by atoms with Gasteiger partial charge in [0, 0.05) is 31.6 Å². The standard InChI is InChI=1S/C26H31N3O4/c1-31-25-16-20(15-19-5-3-2-4-6-24(30)26(19)25)22-17-27-29-18-21(7-8-23(22)29)33-14-11-28-9-12-32-13-10-28/h7-8,15-18H,2-6,9-14H2,1H3. The molecule has 1 aliphatic carbocycles. The Kier molecular flexibility index (Phi) is 6.60. The Morgan fingerprint density at radius 2 is 1.94 bits per heavy atom. The first kappa shape index (κ1) is 21.9. The Bertz CT molecular complexity index is 1130.